The highest BCUT2D eigenvalue weighted by Gasteiger charge is 2.05. The van der Waals surface area contributed by atoms with Crippen molar-refractivity contribution < 1.29 is 14.7 Å². The molecule has 0 aliphatic rings. The molecule has 0 unspecified atom stereocenters. The first-order valence-electron chi connectivity index (χ1n) is 6.19. The molecule has 0 fully saturated rings. The molecule has 0 bridgehead atoms. The Kier molecular flexibility index (Phi) is 6.42. The first kappa shape index (κ1) is 15.6. The second-order valence-electron chi connectivity index (χ2n) is 4.50. The first-order chi connectivity index (χ1) is 8.97. The minimum absolute atomic E-state index is 0.0333. The number of anilines is 1. The van der Waals surface area contributed by atoms with Gasteiger partial charge < -0.3 is 10.4 Å². The molecule has 0 aliphatic heterocycles. The second kappa shape index (κ2) is 7.84. The average Bonchev–Trinajstić information content (AvgIpc) is 2.34. The van der Waals surface area contributed by atoms with Crippen LogP contribution in [-0.4, -0.2) is 28.0 Å². The highest BCUT2D eigenvalue weighted by atomic mass is 32.2. The monoisotopic (exact) mass is 281 g/mol. The number of nitrogens with one attached hydrogen (secondary N) is 1. The van der Waals surface area contributed by atoms with Gasteiger partial charge in [0.15, 0.2) is 0 Å². The van der Waals surface area contributed by atoms with Gasteiger partial charge in [-0.25, -0.2) is 0 Å². The number of hydrogen-bond acceptors (Lipinski definition) is 3. The van der Waals surface area contributed by atoms with Crippen molar-refractivity contribution in [1.82, 2.24) is 0 Å². The van der Waals surface area contributed by atoms with Gasteiger partial charge in [0.05, 0.1) is 5.75 Å². The molecule has 1 aromatic carbocycles. The zero-order valence-electron chi connectivity index (χ0n) is 11.2. The zero-order chi connectivity index (χ0) is 14.3. The number of benzene rings is 1. The molecule has 0 saturated carbocycles. The van der Waals surface area contributed by atoms with Crippen LogP contribution < -0.4 is 5.32 Å². The van der Waals surface area contributed by atoms with E-state index in [0.29, 0.717) is 17.4 Å². The molecule has 0 radical (unpaired) electrons. The number of aryl methyl sites for hydroxylation is 1. The Balaban J connectivity index is 2.51. The number of hydrogen-bond donors (Lipinski definition) is 2. The van der Waals surface area contributed by atoms with E-state index in [1.54, 1.807) is 11.8 Å². The first-order valence-corrected chi connectivity index (χ1v) is 7.24. The van der Waals surface area contributed by atoms with Crippen LogP contribution in [0, 0.1) is 0 Å². The van der Waals surface area contributed by atoms with Crippen LogP contribution in [0.1, 0.15) is 25.8 Å². The van der Waals surface area contributed by atoms with Crippen LogP contribution in [0.4, 0.5) is 5.69 Å². The molecule has 0 heterocycles. The molecule has 0 aliphatic carbocycles. The predicted octanol–water partition coefficient (Wildman–Crippen LogP) is 2.78. The van der Waals surface area contributed by atoms with Gasteiger partial charge in [0.25, 0.3) is 0 Å². The molecule has 0 spiro atoms. The Hall–Kier alpha value is -1.49. The Morgan fingerprint density at radius 2 is 2.11 bits per heavy atom. The number of carboxylic acids is 1. The van der Waals surface area contributed by atoms with Crippen molar-refractivity contribution in [3.05, 3.63) is 29.8 Å². The van der Waals surface area contributed by atoms with Gasteiger partial charge in [0.2, 0.25) is 5.91 Å². The lowest BCUT2D eigenvalue weighted by atomic mass is 10.1. The smallest absolute Gasteiger partial charge is 0.303 e. The lowest BCUT2D eigenvalue weighted by Gasteiger charge is -2.08. The number of carbonyl (C=O) groups is 2. The molecule has 0 saturated heterocycles. The van der Waals surface area contributed by atoms with Crippen LogP contribution in [0.2, 0.25) is 0 Å². The van der Waals surface area contributed by atoms with Crippen molar-refractivity contribution in [3.63, 3.8) is 0 Å². The van der Waals surface area contributed by atoms with E-state index < -0.39 is 5.97 Å². The summed E-state index contributed by atoms with van der Waals surface area (Å²) in [6.45, 7) is 4.09. The predicted molar refractivity (Wildman–Crippen MR) is 78.6 cm³/mol. The standard InChI is InChI=1S/C14H19NO3S/c1-10(2)19-9-13(16)15-12-5-3-4-11(8-12)6-7-14(17)18/h3-5,8,10H,6-7,9H2,1-2H3,(H,15,16)(H,17,18). The third kappa shape index (κ3) is 6.86. The molecule has 1 amide bonds. The van der Waals surface area contributed by atoms with Crippen molar-refractivity contribution in [2.45, 2.75) is 31.9 Å². The topological polar surface area (TPSA) is 66.4 Å². The van der Waals surface area contributed by atoms with Crippen molar-refractivity contribution in [2.24, 2.45) is 0 Å². The average molecular weight is 281 g/mol. The van der Waals surface area contributed by atoms with E-state index >= 15 is 0 Å². The molecule has 0 aromatic heterocycles. The molecular formula is C14H19NO3S. The van der Waals surface area contributed by atoms with Crippen LogP contribution in [0.5, 0.6) is 0 Å². The second-order valence-corrected chi connectivity index (χ2v) is 6.07. The van der Waals surface area contributed by atoms with Crippen LogP contribution in [0.15, 0.2) is 24.3 Å². The van der Waals surface area contributed by atoms with Gasteiger partial charge in [-0.1, -0.05) is 26.0 Å². The molecule has 1 aromatic rings. The van der Waals surface area contributed by atoms with Crippen molar-refractivity contribution in [2.75, 3.05) is 11.1 Å². The molecule has 104 valence electrons. The highest BCUT2D eigenvalue weighted by molar-refractivity contribution is 8.00. The number of carbonyl (C=O) groups excluding carboxylic acids is 1. The van der Waals surface area contributed by atoms with E-state index in [0.717, 1.165) is 11.3 Å². The van der Waals surface area contributed by atoms with Gasteiger partial charge in [-0.15, -0.1) is 11.8 Å². The lowest BCUT2D eigenvalue weighted by molar-refractivity contribution is -0.137. The van der Waals surface area contributed by atoms with E-state index in [4.69, 9.17) is 5.11 Å². The summed E-state index contributed by atoms with van der Waals surface area (Å²) in [7, 11) is 0. The van der Waals surface area contributed by atoms with Crippen molar-refractivity contribution >= 4 is 29.3 Å². The normalized spacial score (nSPS) is 10.5. The van der Waals surface area contributed by atoms with Gasteiger partial charge >= 0.3 is 5.97 Å². The Bertz CT molecular complexity index is 446. The van der Waals surface area contributed by atoms with E-state index in [-0.39, 0.29) is 12.3 Å². The fraction of sp³-hybridized carbons (Fsp3) is 0.429. The Morgan fingerprint density at radius 3 is 2.74 bits per heavy atom. The van der Waals surface area contributed by atoms with Crippen LogP contribution in [0.3, 0.4) is 0 Å². The van der Waals surface area contributed by atoms with Gasteiger partial charge in [-0.05, 0) is 29.4 Å². The zero-order valence-corrected chi connectivity index (χ0v) is 12.0. The maximum absolute atomic E-state index is 11.7. The summed E-state index contributed by atoms with van der Waals surface area (Å²) in [5, 5.41) is 11.9. The third-order valence-corrected chi connectivity index (χ3v) is 3.48. The fourth-order valence-corrected chi connectivity index (χ4v) is 2.05. The summed E-state index contributed by atoms with van der Waals surface area (Å²) in [5.74, 6) is -0.423. The van der Waals surface area contributed by atoms with Crippen LogP contribution in [-0.2, 0) is 16.0 Å². The Labute approximate surface area is 117 Å². The van der Waals surface area contributed by atoms with E-state index in [2.05, 4.69) is 5.32 Å². The number of amides is 1. The molecule has 0 atom stereocenters. The summed E-state index contributed by atoms with van der Waals surface area (Å²) < 4.78 is 0. The highest BCUT2D eigenvalue weighted by Crippen LogP contribution is 2.14. The number of carboxylic acid groups (broad SMARTS) is 1. The van der Waals surface area contributed by atoms with Crippen molar-refractivity contribution in [3.8, 4) is 0 Å². The summed E-state index contributed by atoms with van der Waals surface area (Å²) in [6, 6.07) is 7.31. The summed E-state index contributed by atoms with van der Waals surface area (Å²) >= 11 is 1.59. The van der Waals surface area contributed by atoms with Crippen LogP contribution >= 0.6 is 11.8 Å². The summed E-state index contributed by atoms with van der Waals surface area (Å²) in [5.41, 5.74) is 1.63. The SMILES string of the molecule is CC(C)SCC(=O)Nc1cccc(CCC(=O)O)c1. The summed E-state index contributed by atoms with van der Waals surface area (Å²) in [6.07, 6.45) is 0.570. The Morgan fingerprint density at radius 1 is 1.37 bits per heavy atom. The van der Waals surface area contributed by atoms with Gasteiger partial charge in [0.1, 0.15) is 0 Å². The number of aliphatic carboxylic acids is 1. The van der Waals surface area contributed by atoms with Gasteiger partial charge in [-0.3, -0.25) is 9.59 Å². The molecular weight excluding hydrogens is 262 g/mol. The molecule has 4 nitrogen and oxygen atoms in total. The number of rotatable bonds is 7. The van der Waals surface area contributed by atoms with Gasteiger partial charge in [-0.2, -0.15) is 0 Å². The fourth-order valence-electron chi connectivity index (χ4n) is 1.50. The molecule has 2 N–H and O–H groups in total. The maximum atomic E-state index is 11.7. The quantitative estimate of drug-likeness (QED) is 0.806. The largest absolute Gasteiger partial charge is 0.481 e. The number of thioether (sulfide) groups is 1. The maximum Gasteiger partial charge on any atom is 0.303 e. The third-order valence-electron chi connectivity index (χ3n) is 2.39. The summed E-state index contributed by atoms with van der Waals surface area (Å²) in [4.78, 5) is 22.2. The minimum atomic E-state index is -0.817. The van der Waals surface area contributed by atoms with Crippen LogP contribution in [0.25, 0.3) is 0 Å². The van der Waals surface area contributed by atoms with E-state index in [1.165, 1.54) is 0 Å². The molecule has 19 heavy (non-hydrogen) atoms. The van der Waals surface area contributed by atoms with E-state index in [9.17, 15) is 9.59 Å². The molecule has 1 rings (SSSR count). The van der Waals surface area contributed by atoms with E-state index in [1.807, 2.05) is 38.1 Å². The lowest BCUT2D eigenvalue weighted by Crippen LogP contribution is -2.15. The minimum Gasteiger partial charge on any atom is -0.481 e. The van der Waals surface area contributed by atoms with Crippen molar-refractivity contribution in [1.29, 1.82) is 0 Å². The molecule has 5 heteroatoms. The van der Waals surface area contributed by atoms with Gasteiger partial charge in [0, 0.05) is 12.1 Å².